The van der Waals surface area contributed by atoms with Crippen molar-refractivity contribution in [1.29, 1.82) is 5.26 Å². The molecule has 0 fully saturated rings. The second-order valence-electron chi connectivity index (χ2n) is 3.96. The highest BCUT2D eigenvalue weighted by Crippen LogP contribution is 2.25. The van der Waals surface area contributed by atoms with Crippen LogP contribution in [0.3, 0.4) is 0 Å². The molecule has 1 unspecified atom stereocenters. The SMILES string of the molecule is N#CC(C(=O)c1ccccc1Br)c1cccc(F)c1. The molecular weight excluding hydrogens is 309 g/mol. The van der Waals surface area contributed by atoms with E-state index in [1.54, 1.807) is 30.3 Å². The van der Waals surface area contributed by atoms with Gasteiger partial charge < -0.3 is 0 Å². The Bertz CT molecular complexity index is 663. The zero-order valence-electron chi connectivity index (χ0n) is 9.81. The predicted molar refractivity (Wildman–Crippen MR) is 73.2 cm³/mol. The van der Waals surface area contributed by atoms with Gasteiger partial charge in [0, 0.05) is 10.0 Å². The van der Waals surface area contributed by atoms with Crippen LogP contribution in [0.25, 0.3) is 0 Å². The number of hydrogen-bond donors (Lipinski definition) is 0. The van der Waals surface area contributed by atoms with Crippen molar-refractivity contribution in [3.63, 3.8) is 0 Å². The Kier molecular flexibility index (Phi) is 4.08. The molecule has 0 aliphatic carbocycles. The maximum absolute atomic E-state index is 13.2. The predicted octanol–water partition coefficient (Wildman–Crippen LogP) is 4.08. The molecule has 0 spiro atoms. The van der Waals surface area contributed by atoms with E-state index in [0.717, 1.165) is 0 Å². The molecule has 1 atom stereocenters. The van der Waals surface area contributed by atoms with E-state index in [-0.39, 0.29) is 5.78 Å². The highest BCUT2D eigenvalue weighted by atomic mass is 79.9. The van der Waals surface area contributed by atoms with Crippen molar-refractivity contribution < 1.29 is 9.18 Å². The van der Waals surface area contributed by atoms with Gasteiger partial charge in [0.15, 0.2) is 5.78 Å². The van der Waals surface area contributed by atoms with E-state index in [4.69, 9.17) is 0 Å². The number of halogens is 2. The minimum atomic E-state index is -1.01. The highest BCUT2D eigenvalue weighted by Gasteiger charge is 2.23. The lowest BCUT2D eigenvalue weighted by molar-refractivity contribution is 0.0978. The molecule has 2 nitrogen and oxygen atoms in total. The van der Waals surface area contributed by atoms with Crippen molar-refractivity contribution >= 4 is 21.7 Å². The number of nitriles is 1. The van der Waals surface area contributed by atoms with Gasteiger partial charge in [0.05, 0.1) is 6.07 Å². The molecule has 2 rings (SSSR count). The van der Waals surface area contributed by atoms with E-state index in [1.165, 1.54) is 18.2 Å². The third-order valence-corrected chi connectivity index (χ3v) is 3.40. The number of benzene rings is 2. The number of carbonyl (C=O) groups is 1. The number of nitrogens with zero attached hydrogens (tertiary/aromatic N) is 1. The van der Waals surface area contributed by atoms with Crippen molar-refractivity contribution in [2.75, 3.05) is 0 Å². The zero-order chi connectivity index (χ0) is 13.8. The van der Waals surface area contributed by atoms with Gasteiger partial charge in [-0.05, 0) is 23.8 Å². The second kappa shape index (κ2) is 5.77. The van der Waals surface area contributed by atoms with E-state index in [9.17, 15) is 14.4 Å². The van der Waals surface area contributed by atoms with Crippen LogP contribution in [-0.4, -0.2) is 5.78 Å². The molecular formula is C15H9BrFNO. The number of Topliss-reactive ketones (excluding diaryl/α,β-unsaturated/α-hetero) is 1. The lowest BCUT2D eigenvalue weighted by Crippen LogP contribution is -2.12. The molecule has 0 N–H and O–H groups in total. The van der Waals surface area contributed by atoms with Gasteiger partial charge in [-0.1, -0.05) is 46.3 Å². The minimum absolute atomic E-state index is 0.347. The van der Waals surface area contributed by atoms with Crippen molar-refractivity contribution in [2.24, 2.45) is 0 Å². The first-order valence-electron chi connectivity index (χ1n) is 5.57. The monoisotopic (exact) mass is 317 g/mol. The topological polar surface area (TPSA) is 40.9 Å². The van der Waals surface area contributed by atoms with Crippen LogP contribution in [0.15, 0.2) is 53.0 Å². The molecule has 0 saturated carbocycles. The van der Waals surface area contributed by atoms with Crippen LogP contribution < -0.4 is 0 Å². The molecule has 2 aromatic carbocycles. The van der Waals surface area contributed by atoms with Gasteiger partial charge in [-0.15, -0.1) is 0 Å². The second-order valence-corrected chi connectivity index (χ2v) is 4.82. The van der Waals surface area contributed by atoms with E-state index in [2.05, 4.69) is 15.9 Å². The van der Waals surface area contributed by atoms with E-state index in [1.807, 2.05) is 6.07 Å². The lowest BCUT2D eigenvalue weighted by Gasteiger charge is -2.10. The highest BCUT2D eigenvalue weighted by molar-refractivity contribution is 9.10. The van der Waals surface area contributed by atoms with E-state index < -0.39 is 11.7 Å². The van der Waals surface area contributed by atoms with Crippen LogP contribution in [0.5, 0.6) is 0 Å². The molecule has 0 aliphatic heterocycles. The summed E-state index contributed by atoms with van der Waals surface area (Å²) in [5, 5.41) is 9.18. The number of ketones is 1. The Balaban J connectivity index is 2.42. The summed E-state index contributed by atoms with van der Waals surface area (Å²) < 4.78 is 13.8. The average Bonchev–Trinajstić information content (AvgIpc) is 2.40. The Hall–Kier alpha value is -1.99. The smallest absolute Gasteiger partial charge is 0.185 e. The molecule has 0 heterocycles. The lowest BCUT2D eigenvalue weighted by atomic mass is 9.92. The van der Waals surface area contributed by atoms with Crippen LogP contribution in [0.1, 0.15) is 21.8 Å². The number of hydrogen-bond acceptors (Lipinski definition) is 2. The summed E-state index contributed by atoms with van der Waals surface area (Å²) in [6, 6.07) is 14.4. The third kappa shape index (κ3) is 2.88. The fourth-order valence-corrected chi connectivity index (χ4v) is 2.27. The summed E-state index contributed by atoms with van der Waals surface area (Å²) in [4.78, 5) is 12.3. The molecule has 0 radical (unpaired) electrons. The quantitative estimate of drug-likeness (QED) is 0.800. The molecule has 0 bridgehead atoms. The van der Waals surface area contributed by atoms with Crippen molar-refractivity contribution in [3.05, 3.63) is 69.9 Å². The largest absolute Gasteiger partial charge is 0.292 e. The summed E-state index contributed by atoms with van der Waals surface area (Å²) >= 11 is 3.28. The first-order chi connectivity index (χ1) is 9.13. The Morgan fingerprint density at radius 2 is 1.95 bits per heavy atom. The average molecular weight is 318 g/mol. The summed E-state index contributed by atoms with van der Waals surface area (Å²) in [6.07, 6.45) is 0. The van der Waals surface area contributed by atoms with Gasteiger partial charge in [0.1, 0.15) is 11.7 Å². The zero-order valence-corrected chi connectivity index (χ0v) is 11.4. The van der Waals surface area contributed by atoms with Gasteiger partial charge in [-0.2, -0.15) is 5.26 Å². The molecule has 0 amide bonds. The van der Waals surface area contributed by atoms with Crippen molar-refractivity contribution in [2.45, 2.75) is 5.92 Å². The fraction of sp³-hybridized carbons (Fsp3) is 0.0667. The van der Waals surface area contributed by atoms with Crippen LogP contribution in [-0.2, 0) is 0 Å². The van der Waals surface area contributed by atoms with Gasteiger partial charge in [0.2, 0.25) is 0 Å². The fourth-order valence-electron chi connectivity index (χ4n) is 1.79. The van der Waals surface area contributed by atoms with Gasteiger partial charge in [-0.3, -0.25) is 4.79 Å². The summed E-state index contributed by atoms with van der Waals surface area (Å²) in [5.41, 5.74) is 0.779. The molecule has 94 valence electrons. The molecule has 0 aromatic heterocycles. The summed E-state index contributed by atoms with van der Waals surface area (Å²) in [5.74, 6) is -1.81. The Morgan fingerprint density at radius 1 is 1.21 bits per heavy atom. The Labute approximate surface area is 118 Å². The van der Waals surface area contributed by atoms with E-state index >= 15 is 0 Å². The molecule has 4 heteroatoms. The third-order valence-electron chi connectivity index (χ3n) is 2.71. The molecule has 19 heavy (non-hydrogen) atoms. The van der Waals surface area contributed by atoms with Crippen LogP contribution >= 0.6 is 15.9 Å². The van der Waals surface area contributed by atoms with Gasteiger partial charge in [-0.25, -0.2) is 4.39 Å². The standard InChI is InChI=1S/C15H9BrFNO/c16-14-7-2-1-6-12(14)15(19)13(9-18)10-4-3-5-11(17)8-10/h1-8,13H. The van der Waals surface area contributed by atoms with Crippen LogP contribution in [0.4, 0.5) is 4.39 Å². The van der Waals surface area contributed by atoms with Gasteiger partial charge >= 0.3 is 0 Å². The first kappa shape index (κ1) is 13.4. The normalized spacial score (nSPS) is 11.6. The molecule has 0 saturated heterocycles. The Morgan fingerprint density at radius 3 is 2.58 bits per heavy atom. The van der Waals surface area contributed by atoms with Crippen LogP contribution in [0.2, 0.25) is 0 Å². The summed E-state index contributed by atoms with van der Waals surface area (Å²) in [7, 11) is 0. The minimum Gasteiger partial charge on any atom is -0.292 e. The maximum Gasteiger partial charge on any atom is 0.185 e. The molecule has 0 aliphatic rings. The van der Waals surface area contributed by atoms with E-state index in [0.29, 0.717) is 15.6 Å². The van der Waals surface area contributed by atoms with Crippen molar-refractivity contribution in [1.82, 2.24) is 0 Å². The van der Waals surface area contributed by atoms with Crippen LogP contribution in [0, 0.1) is 17.1 Å². The maximum atomic E-state index is 13.2. The summed E-state index contributed by atoms with van der Waals surface area (Å²) in [6.45, 7) is 0. The molecule has 2 aromatic rings. The number of rotatable bonds is 3. The van der Waals surface area contributed by atoms with Gasteiger partial charge in [0.25, 0.3) is 0 Å². The first-order valence-corrected chi connectivity index (χ1v) is 6.36. The number of carbonyl (C=O) groups excluding carboxylic acids is 1. The van der Waals surface area contributed by atoms with Crippen molar-refractivity contribution in [3.8, 4) is 6.07 Å².